The highest BCUT2D eigenvalue weighted by atomic mass is 32.1. The van der Waals surface area contributed by atoms with Gasteiger partial charge in [-0.05, 0) is 29.1 Å². The van der Waals surface area contributed by atoms with Crippen molar-refractivity contribution < 1.29 is 4.79 Å². The smallest absolute Gasteiger partial charge is 0.166 e. The minimum atomic E-state index is 0.0515. The summed E-state index contributed by atoms with van der Waals surface area (Å²) in [6.07, 6.45) is 0.877. The van der Waals surface area contributed by atoms with Crippen molar-refractivity contribution in [2.75, 3.05) is 0 Å². The standard InChI is InChI=1S/C15H13N3OS/c16-15(17)11-3-1-2-10(6-11)8-18-12(9-19)7-14-13(18)4-5-20-14/h1-7,9H,8H2,(H3,16,17). The van der Waals surface area contributed by atoms with E-state index in [1.807, 2.05) is 46.3 Å². The number of aldehydes is 1. The second-order valence-electron chi connectivity index (χ2n) is 4.56. The van der Waals surface area contributed by atoms with Gasteiger partial charge in [-0.25, -0.2) is 0 Å². The van der Waals surface area contributed by atoms with Crippen LogP contribution in [-0.2, 0) is 6.54 Å². The number of nitrogens with one attached hydrogen (secondary N) is 1. The third kappa shape index (κ3) is 2.12. The summed E-state index contributed by atoms with van der Waals surface area (Å²) in [6.45, 7) is 0.593. The minimum absolute atomic E-state index is 0.0515. The first-order valence-electron chi connectivity index (χ1n) is 6.14. The normalized spacial score (nSPS) is 10.8. The second kappa shape index (κ2) is 4.94. The fourth-order valence-corrected chi connectivity index (χ4v) is 3.12. The highest BCUT2D eigenvalue weighted by Crippen LogP contribution is 2.25. The van der Waals surface area contributed by atoms with Crippen molar-refractivity contribution in [3.63, 3.8) is 0 Å². The van der Waals surface area contributed by atoms with Gasteiger partial charge in [-0.2, -0.15) is 0 Å². The van der Waals surface area contributed by atoms with Gasteiger partial charge in [0.05, 0.1) is 15.9 Å². The number of fused-ring (bicyclic) bond motifs is 1. The maximum Gasteiger partial charge on any atom is 0.166 e. The van der Waals surface area contributed by atoms with Crippen LogP contribution in [0, 0.1) is 5.41 Å². The molecule has 1 aromatic carbocycles. The first kappa shape index (κ1) is 12.6. The Morgan fingerprint density at radius 3 is 2.95 bits per heavy atom. The quantitative estimate of drug-likeness (QED) is 0.439. The van der Waals surface area contributed by atoms with Crippen LogP contribution in [0.25, 0.3) is 10.2 Å². The lowest BCUT2D eigenvalue weighted by Gasteiger charge is -2.08. The predicted octanol–water partition coefficient (Wildman–Crippen LogP) is 2.85. The van der Waals surface area contributed by atoms with Crippen LogP contribution in [0.1, 0.15) is 21.6 Å². The molecule has 3 rings (SSSR count). The Labute approximate surface area is 120 Å². The van der Waals surface area contributed by atoms with E-state index in [0.29, 0.717) is 17.8 Å². The summed E-state index contributed by atoms with van der Waals surface area (Å²) in [5.41, 5.74) is 8.95. The van der Waals surface area contributed by atoms with Gasteiger partial charge in [0.15, 0.2) is 6.29 Å². The van der Waals surface area contributed by atoms with E-state index in [4.69, 9.17) is 11.1 Å². The third-order valence-corrected chi connectivity index (χ3v) is 4.11. The van der Waals surface area contributed by atoms with E-state index in [9.17, 15) is 4.79 Å². The van der Waals surface area contributed by atoms with Gasteiger partial charge >= 0.3 is 0 Å². The average Bonchev–Trinajstić information content (AvgIpc) is 3.01. The summed E-state index contributed by atoms with van der Waals surface area (Å²) in [5, 5.41) is 9.50. The molecule has 2 aromatic heterocycles. The number of thiophene rings is 1. The lowest BCUT2D eigenvalue weighted by atomic mass is 10.1. The van der Waals surface area contributed by atoms with Gasteiger partial charge in [-0.1, -0.05) is 18.2 Å². The summed E-state index contributed by atoms with van der Waals surface area (Å²) in [6, 6.07) is 11.5. The van der Waals surface area contributed by atoms with Gasteiger partial charge in [0.2, 0.25) is 0 Å². The molecule has 3 N–H and O–H groups in total. The zero-order chi connectivity index (χ0) is 14.1. The van der Waals surface area contributed by atoms with Gasteiger partial charge in [-0.3, -0.25) is 10.2 Å². The molecule has 0 aliphatic heterocycles. The lowest BCUT2D eigenvalue weighted by molar-refractivity contribution is 0.111. The molecule has 0 fully saturated rings. The molecule has 0 amide bonds. The molecule has 20 heavy (non-hydrogen) atoms. The van der Waals surface area contributed by atoms with E-state index in [2.05, 4.69) is 0 Å². The van der Waals surface area contributed by atoms with Crippen molar-refractivity contribution in [1.82, 2.24) is 4.57 Å². The number of aromatic nitrogens is 1. The van der Waals surface area contributed by atoms with E-state index in [1.165, 1.54) is 0 Å². The molecule has 0 spiro atoms. The monoisotopic (exact) mass is 283 g/mol. The summed E-state index contributed by atoms with van der Waals surface area (Å²) in [7, 11) is 0. The van der Waals surface area contributed by atoms with E-state index >= 15 is 0 Å². The Balaban J connectivity index is 2.04. The van der Waals surface area contributed by atoms with E-state index in [0.717, 1.165) is 22.1 Å². The highest BCUT2D eigenvalue weighted by molar-refractivity contribution is 7.17. The van der Waals surface area contributed by atoms with Crippen LogP contribution in [0.5, 0.6) is 0 Å². The van der Waals surface area contributed by atoms with Gasteiger partial charge in [-0.15, -0.1) is 11.3 Å². The summed E-state index contributed by atoms with van der Waals surface area (Å²) in [5.74, 6) is 0.0515. The lowest BCUT2D eigenvalue weighted by Crippen LogP contribution is -2.12. The minimum Gasteiger partial charge on any atom is -0.384 e. The number of hydrogen-bond donors (Lipinski definition) is 2. The van der Waals surface area contributed by atoms with Crippen LogP contribution >= 0.6 is 11.3 Å². The molecule has 0 aliphatic carbocycles. The number of rotatable bonds is 4. The number of nitrogen functional groups attached to an aromatic ring is 1. The Morgan fingerprint density at radius 2 is 2.20 bits per heavy atom. The predicted molar refractivity (Wildman–Crippen MR) is 81.8 cm³/mol. The molecule has 100 valence electrons. The maximum absolute atomic E-state index is 11.2. The highest BCUT2D eigenvalue weighted by Gasteiger charge is 2.10. The van der Waals surface area contributed by atoms with Crippen molar-refractivity contribution >= 4 is 33.7 Å². The SMILES string of the molecule is N=C(N)c1cccc(Cn2c(C=O)cc3sccc32)c1. The molecule has 0 saturated carbocycles. The average molecular weight is 283 g/mol. The van der Waals surface area contributed by atoms with Crippen LogP contribution in [-0.4, -0.2) is 16.7 Å². The maximum atomic E-state index is 11.2. The number of nitrogens with zero attached hydrogens (tertiary/aromatic N) is 1. The molecular formula is C15H13N3OS. The molecule has 0 unspecified atom stereocenters. The zero-order valence-corrected chi connectivity index (χ0v) is 11.5. The van der Waals surface area contributed by atoms with E-state index in [1.54, 1.807) is 11.3 Å². The summed E-state index contributed by atoms with van der Waals surface area (Å²) < 4.78 is 3.09. The van der Waals surface area contributed by atoms with Crippen LogP contribution in [0.4, 0.5) is 0 Å². The van der Waals surface area contributed by atoms with Gasteiger partial charge in [0.25, 0.3) is 0 Å². The van der Waals surface area contributed by atoms with E-state index < -0.39 is 0 Å². The van der Waals surface area contributed by atoms with Crippen molar-refractivity contribution in [2.45, 2.75) is 6.54 Å². The molecule has 0 saturated heterocycles. The number of carbonyl (C=O) groups excluding carboxylic acids is 1. The topological polar surface area (TPSA) is 71.9 Å². The van der Waals surface area contributed by atoms with Gasteiger partial charge in [0, 0.05) is 12.1 Å². The molecule has 3 aromatic rings. The van der Waals surface area contributed by atoms with E-state index in [-0.39, 0.29) is 5.84 Å². The molecular weight excluding hydrogens is 270 g/mol. The molecule has 0 bridgehead atoms. The third-order valence-electron chi connectivity index (χ3n) is 3.25. The molecule has 0 atom stereocenters. The van der Waals surface area contributed by atoms with Crippen LogP contribution in [0.3, 0.4) is 0 Å². The molecule has 5 heteroatoms. The second-order valence-corrected chi connectivity index (χ2v) is 5.51. The Hall–Kier alpha value is -2.40. The Morgan fingerprint density at radius 1 is 1.35 bits per heavy atom. The van der Waals surface area contributed by atoms with Crippen molar-refractivity contribution in [3.05, 3.63) is 58.6 Å². The number of nitrogens with two attached hydrogens (primary N) is 1. The van der Waals surface area contributed by atoms with Crippen LogP contribution in [0.15, 0.2) is 41.8 Å². The fourth-order valence-electron chi connectivity index (χ4n) is 2.29. The first-order chi connectivity index (χ1) is 9.69. The van der Waals surface area contributed by atoms with Crippen molar-refractivity contribution in [3.8, 4) is 0 Å². The largest absolute Gasteiger partial charge is 0.384 e. The number of carbonyl (C=O) groups is 1. The molecule has 4 nitrogen and oxygen atoms in total. The van der Waals surface area contributed by atoms with Crippen molar-refractivity contribution in [1.29, 1.82) is 5.41 Å². The summed E-state index contributed by atoms with van der Waals surface area (Å²) >= 11 is 1.62. The van der Waals surface area contributed by atoms with Crippen LogP contribution < -0.4 is 5.73 Å². The number of amidine groups is 1. The zero-order valence-electron chi connectivity index (χ0n) is 10.7. The Bertz CT molecular complexity index is 800. The number of hydrogen-bond acceptors (Lipinski definition) is 3. The Kier molecular flexibility index (Phi) is 3.12. The van der Waals surface area contributed by atoms with Crippen LogP contribution in [0.2, 0.25) is 0 Å². The van der Waals surface area contributed by atoms with Gasteiger partial charge < -0.3 is 10.3 Å². The first-order valence-corrected chi connectivity index (χ1v) is 7.02. The fraction of sp³-hybridized carbons (Fsp3) is 0.0667. The molecule has 0 radical (unpaired) electrons. The number of benzene rings is 1. The molecule has 2 heterocycles. The molecule has 0 aliphatic rings. The van der Waals surface area contributed by atoms with Gasteiger partial charge in [0.1, 0.15) is 5.84 Å². The summed E-state index contributed by atoms with van der Waals surface area (Å²) in [4.78, 5) is 11.2. The van der Waals surface area contributed by atoms with Crippen molar-refractivity contribution in [2.24, 2.45) is 5.73 Å².